The molecule has 0 spiro atoms. The molecular weight excluding hydrogens is 240 g/mol. The summed E-state index contributed by atoms with van der Waals surface area (Å²) in [5.41, 5.74) is 0.883. The lowest BCUT2D eigenvalue weighted by Gasteiger charge is -2.08. The van der Waals surface area contributed by atoms with Crippen LogP contribution in [0, 0.1) is 0 Å². The summed E-state index contributed by atoms with van der Waals surface area (Å²) >= 11 is 5.98. The third-order valence-corrected chi connectivity index (χ3v) is 2.34. The standard InChI is InChI=1S/C13H15ClO3/c1-3-16-13(15)17-10(2)8-9-11-6-4-5-7-12(11)14/h4-10H,3H2,1-2H3/b9-8+. The Morgan fingerprint density at radius 1 is 1.47 bits per heavy atom. The van der Waals surface area contributed by atoms with E-state index < -0.39 is 6.16 Å². The number of rotatable bonds is 4. The average Bonchev–Trinajstić information content (AvgIpc) is 2.28. The minimum atomic E-state index is -0.663. The van der Waals surface area contributed by atoms with Crippen molar-refractivity contribution in [1.82, 2.24) is 0 Å². The highest BCUT2D eigenvalue weighted by Crippen LogP contribution is 2.16. The molecule has 0 bridgehead atoms. The van der Waals surface area contributed by atoms with Gasteiger partial charge in [0.1, 0.15) is 6.10 Å². The van der Waals surface area contributed by atoms with Crippen LogP contribution in [0.15, 0.2) is 30.3 Å². The number of hydrogen-bond acceptors (Lipinski definition) is 3. The van der Waals surface area contributed by atoms with E-state index in [0.717, 1.165) is 5.56 Å². The zero-order chi connectivity index (χ0) is 12.7. The fraction of sp³-hybridized carbons (Fsp3) is 0.308. The van der Waals surface area contributed by atoms with Gasteiger partial charge in [-0.15, -0.1) is 0 Å². The van der Waals surface area contributed by atoms with Crippen molar-refractivity contribution in [3.63, 3.8) is 0 Å². The maximum atomic E-state index is 11.0. The van der Waals surface area contributed by atoms with Crippen molar-refractivity contribution in [1.29, 1.82) is 0 Å². The molecule has 1 aromatic rings. The summed E-state index contributed by atoms with van der Waals surface area (Å²) < 4.78 is 9.63. The topological polar surface area (TPSA) is 35.5 Å². The molecule has 0 saturated heterocycles. The second-order valence-electron chi connectivity index (χ2n) is 3.39. The molecule has 0 aliphatic rings. The zero-order valence-electron chi connectivity index (χ0n) is 9.85. The Bertz CT molecular complexity index is 401. The highest BCUT2D eigenvalue weighted by molar-refractivity contribution is 6.32. The van der Waals surface area contributed by atoms with Crippen LogP contribution in [-0.4, -0.2) is 18.9 Å². The SMILES string of the molecule is CCOC(=O)OC(C)/C=C/c1ccccc1Cl. The monoisotopic (exact) mass is 254 g/mol. The molecule has 0 amide bonds. The molecule has 0 radical (unpaired) electrons. The molecule has 1 atom stereocenters. The van der Waals surface area contributed by atoms with Crippen molar-refractivity contribution in [2.24, 2.45) is 0 Å². The lowest BCUT2D eigenvalue weighted by atomic mass is 10.2. The van der Waals surface area contributed by atoms with E-state index in [1.807, 2.05) is 24.3 Å². The molecule has 0 fully saturated rings. The smallest absolute Gasteiger partial charge is 0.435 e. The van der Waals surface area contributed by atoms with Crippen LogP contribution >= 0.6 is 11.6 Å². The van der Waals surface area contributed by atoms with Crippen LogP contribution in [0.1, 0.15) is 19.4 Å². The van der Waals surface area contributed by atoms with Crippen molar-refractivity contribution in [3.05, 3.63) is 40.9 Å². The molecule has 3 nitrogen and oxygen atoms in total. The van der Waals surface area contributed by atoms with E-state index in [-0.39, 0.29) is 6.10 Å². The molecule has 0 heterocycles. The highest BCUT2D eigenvalue weighted by Gasteiger charge is 2.06. The quantitative estimate of drug-likeness (QED) is 0.764. The molecule has 0 saturated carbocycles. The Labute approximate surface area is 106 Å². The first-order valence-electron chi connectivity index (χ1n) is 5.39. The van der Waals surface area contributed by atoms with E-state index in [4.69, 9.17) is 16.3 Å². The van der Waals surface area contributed by atoms with Crippen molar-refractivity contribution in [2.75, 3.05) is 6.61 Å². The zero-order valence-corrected chi connectivity index (χ0v) is 10.6. The number of carbonyl (C=O) groups excluding carboxylic acids is 1. The minimum absolute atomic E-state index is 0.305. The van der Waals surface area contributed by atoms with Crippen molar-refractivity contribution in [2.45, 2.75) is 20.0 Å². The van der Waals surface area contributed by atoms with E-state index in [9.17, 15) is 4.79 Å². The van der Waals surface area contributed by atoms with E-state index >= 15 is 0 Å². The van der Waals surface area contributed by atoms with E-state index in [1.54, 1.807) is 26.0 Å². The average molecular weight is 255 g/mol. The predicted octanol–water partition coefficient (Wildman–Crippen LogP) is 3.91. The summed E-state index contributed by atoms with van der Waals surface area (Å²) in [5.74, 6) is 0. The Balaban J connectivity index is 2.54. The minimum Gasteiger partial charge on any atom is -0.435 e. The fourth-order valence-electron chi connectivity index (χ4n) is 1.19. The molecule has 0 aliphatic carbocycles. The molecule has 1 aromatic carbocycles. The number of halogens is 1. The number of hydrogen-bond donors (Lipinski definition) is 0. The third kappa shape index (κ3) is 4.91. The van der Waals surface area contributed by atoms with Crippen LogP contribution in [0.4, 0.5) is 4.79 Å². The predicted molar refractivity (Wildman–Crippen MR) is 68.1 cm³/mol. The summed E-state index contributed by atoms with van der Waals surface area (Å²) in [6.45, 7) is 3.79. The fourth-order valence-corrected chi connectivity index (χ4v) is 1.39. The Hall–Kier alpha value is -1.48. The van der Waals surface area contributed by atoms with Crippen LogP contribution in [-0.2, 0) is 9.47 Å². The lowest BCUT2D eigenvalue weighted by molar-refractivity contribution is 0.0456. The van der Waals surface area contributed by atoms with Gasteiger partial charge in [-0.05, 0) is 31.6 Å². The van der Waals surface area contributed by atoms with Crippen molar-refractivity contribution < 1.29 is 14.3 Å². The largest absolute Gasteiger partial charge is 0.508 e. The summed E-state index contributed by atoms with van der Waals surface area (Å²) in [5, 5.41) is 0.659. The molecule has 1 rings (SSSR count). The molecular formula is C13H15ClO3. The second kappa shape index (κ2) is 6.97. The maximum absolute atomic E-state index is 11.0. The van der Waals surface area contributed by atoms with Gasteiger partial charge in [-0.3, -0.25) is 0 Å². The van der Waals surface area contributed by atoms with Gasteiger partial charge in [0.15, 0.2) is 0 Å². The molecule has 0 aromatic heterocycles. The van der Waals surface area contributed by atoms with E-state index in [1.165, 1.54) is 0 Å². The lowest BCUT2D eigenvalue weighted by Crippen LogP contribution is -2.13. The van der Waals surface area contributed by atoms with Crippen LogP contribution in [0.25, 0.3) is 6.08 Å². The van der Waals surface area contributed by atoms with Crippen LogP contribution < -0.4 is 0 Å². The van der Waals surface area contributed by atoms with Gasteiger partial charge in [0, 0.05) is 5.02 Å². The van der Waals surface area contributed by atoms with Crippen LogP contribution in [0.5, 0.6) is 0 Å². The van der Waals surface area contributed by atoms with Gasteiger partial charge in [0.05, 0.1) is 6.61 Å². The maximum Gasteiger partial charge on any atom is 0.508 e. The molecule has 92 valence electrons. The summed E-state index contributed by atoms with van der Waals surface area (Å²) in [6.07, 6.45) is 2.54. The van der Waals surface area contributed by atoms with Crippen LogP contribution in [0.2, 0.25) is 5.02 Å². The number of benzene rings is 1. The summed E-state index contributed by atoms with van der Waals surface area (Å²) in [6, 6.07) is 7.44. The van der Waals surface area contributed by atoms with E-state index in [0.29, 0.717) is 11.6 Å². The van der Waals surface area contributed by atoms with Gasteiger partial charge in [0.2, 0.25) is 0 Å². The van der Waals surface area contributed by atoms with Gasteiger partial charge >= 0.3 is 6.16 Å². The molecule has 1 unspecified atom stereocenters. The first kappa shape index (κ1) is 13.6. The summed E-state index contributed by atoms with van der Waals surface area (Å²) in [7, 11) is 0. The summed E-state index contributed by atoms with van der Waals surface area (Å²) in [4.78, 5) is 11.0. The Kier molecular flexibility index (Phi) is 5.57. The first-order chi connectivity index (χ1) is 8.13. The van der Waals surface area contributed by atoms with Crippen LogP contribution in [0.3, 0.4) is 0 Å². The van der Waals surface area contributed by atoms with Crippen molar-refractivity contribution >= 4 is 23.8 Å². The third-order valence-electron chi connectivity index (χ3n) is 2.00. The number of carbonyl (C=O) groups is 1. The first-order valence-corrected chi connectivity index (χ1v) is 5.77. The second-order valence-corrected chi connectivity index (χ2v) is 3.79. The number of ether oxygens (including phenoxy) is 2. The molecule has 4 heteroatoms. The Morgan fingerprint density at radius 2 is 2.18 bits per heavy atom. The normalized spacial score (nSPS) is 12.4. The van der Waals surface area contributed by atoms with E-state index in [2.05, 4.69) is 4.74 Å². The van der Waals surface area contributed by atoms with Gasteiger partial charge < -0.3 is 9.47 Å². The van der Waals surface area contributed by atoms with Gasteiger partial charge in [0.25, 0.3) is 0 Å². The molecule has 0 N–H and O–H groups in total. The highest BCUT2D eigenvalue weighted by atomic mass is 35.5. The van der Waals surface area contributed by atoms with Gasteiger partial charge in [-0.1, -0.05) is 35.9 Å². The Morgan fingerprint density at radius 3 is 2.82 bits per heavy atom. The van der Waals surface area contributed by atoms with Gasteiger partial charge in [-0.2, -0.15) is 0 Å². The van der Waals surface area contributed by atoms with Gasteiger partial charge in [-0.25, -0.2) is 4.79 Å². The van der Waals surface area contributed by atoms with Crippen molar-refractivity contribution in [3.8, 4) is 0 Å². The molecule has 0 aliphatic heterocycles. The molecule has 17 heavy (non-hydrogen) atoms.